The van der Waals surface area contributed by atoms with Crippen molar-refractivity contribution in [3.05, 3.63) is 83.9 Å². The molecule has 3 heteroatoms. The van der Waals surface area contributed by atoms with Crippen molar-refractivity contribution < 1.29 is 14.6 Å². The second-order valence-corrected chi connectivity index (χ2v) is 4.95. The quantitative estimate of drug-likeness (QED) is 0.722. The Hall–Kier alpha value is -1.94. The Morgan fingerprint density at radius 1 is 0.864 bits per heavy atom. The summed E-state index contributed by atoms with van der Waals surface area (Å²) < 4.78 is 11.6. The Bertz CT molecular complexity index is 537. The number of hydrogen-bond acceptors (Lipinski definition) is 3. The minimum atomic E-state index is -0.170. The zero-order valence-electron chi connectivity index (χ0n) is 12.6. The summed E-state index contributed by atoms with van der Waals surface area (Å²) in [5, 5.41) is 8.92. The Kier molecular flexibility index (Phi) is 7.39. The van der Waals surface area contributed by atoms with Crippen LogP contribution in [-0.4, -0.2) is 24.4 Å². The number of ether oxygens (including phenoxy) is 2. The highest BCUT2D eigenvalue weighted by Crippen LogP contribution is 2.07. The molecule has 0 aromatic heterocycles. The molecule has 2 aromatic rings. The third kappa shape index (κ3) is 6.22. The van der Waals surface area contributed by atoms with Gasteiger partial charge in [0.05, 0.1) is 32.5 Å². The minimum Gasteiger partial charge on any atom is -0.392 e. The predicted molar refractivity (Wildman–Crippen MR) is 87.3 cm³/mol. The van der Waals surface area contributed by atoms with E-state index in [1.807, 2.05) is 66.7 Å². The van der Waals surface area contributed by atoms with E-state index in [-0.39, 0.29) is 12.7 Å². The second kappa shape index (κ2) is 9.90. The van der Waals surface area contributed by atoms with E-state index in [2.05, 4.69) is 0 Å². The van der Waals surface area contributed by atoms with Crippen LogP contribution in [0.15, 0.2) is 72.8 Å². The molecular formula is C19H22O3. The fourth-order valence-corrected chi connectivity index (χ4v) is 2.02. The average Bonchev–Trinajstić information content (AvgIpc) is 2.58. The number of benzene rings is 2. The highest BCUT2D eigenvalue weighted by atomic mass is 16.5. The van der Waals surface area contributed by atoms with E-state index >= 15 is 0 Å². The standard InChI is InChI=1S/C19H22O3/c20-13-7-12-19(22-15-18-10-5-2-6-11-18)16-21-14-17-8-3-1-4-9-17/h1-12,19-20H,13-16H2. The second-order valence-electron chi connectivity index (χ2n) is 4.95. The van der Waals surface area contributed by atoms with Crippen LogP contribution < -0.4 is 0 Å². The zero-order chi connectivity index (χ0) is 15.5. The minimum absolute atomic E-state index is 0.00385. The van der Waals surface area contributed by atoms with Crippen LogP contribution in [0.3, 0.4) is 0 Å². The van der Waals surface area contributed by atoms with Crippen molar-refractivity contribution in [1.82, 2.24) is 0 Å². The van der Waals surface area contributed by atoms with Gasteiger partial charge in [-0.25, -0.2) is 0 Å². The fourth-order valence-electron chi connectivity index (χ4n) is 2.02. The first kappa shape index (κ1) is 16.4. The molecule has 0 saturated carbocycles. The van der Waals surface area contributed by atoms with Crippen LogP contribution in [0, 0.1) is 0 Å². The molecule has 0 spiro atoms. The topological polar surface area (TPSA) is 38.7 Å². The maximum Gasteiger partial charge on any atom is 0.0994 e. The zero-order valence-corrected chi connectivity index (χ0v) is 12.6. The van der Waals surface area contributed by atoms with Gasteiger partial charge in [-0.05, 0) is 11.1 Å². The van der Waals surface area contributed by atoms with Gasteiger partial charge >= 0.3 is 0 Å². The molecule has 116 valence electrons. The normalized spacial score (nSPS) is 12.6. The molecule has 0 amide bonds. The molecule has 0 saturated heterocycles. The molecule has 0 aliphatic heterocycles. The van der Waals surface area contributed by atoms with Crippen LogP contribution >= 0.6 is 0 Å². The molecule has 0 bridgehead atoms. The van der Waals surface area contributed by atoms with E-state index in [1.165, 1.54) is 0 Å². The van der Waals surface area contributed by atoms with Crippen LogP contribution in [0.1, 0.15) is 11.1 Å². The first-order valence-electron chi connectivity index (χ1n) is 7.43. The monoisotopic (exact) mass is 298 g/mol. The van der Waals surface area contributed by atoms with Gasteiger partial charge in [0.2, 0.25) is 0 Å². The van der Waals surface area contributed by atoms with Crippen molar-refractivity contribution in [2.24, 2.45) is 0 Å². The third-order valence-electron chi connectivity index (χ3n) is 3.16. The smallest absolute Gasteiger partial charge is 0.0994 e. The molecule has 0 aliphatic rings. The van der Waals surface area contributed by atoms with E-state index in [4.69, 9.17) is 14.6 Å². The number of aliphatic hydroxyl groups is 1. The predicted octanol–water partition coefficient (Wildman–Crippen LogP) is 3.34. The average molecular weight is 298 g/mol. The number of hydrogen-bond donors (Lipinski definition) is 1. The lowest BCUT2D eigenvalue weighted by Gasteiger charge is -2.15. The molecule has 2 rings (SSSR count). The lowest BCUT2D eigenvalue weighted by atomic mass is 10.2. The van der Waals surface area contributed by atoms with Gasteiger partial charge < -0.3 is 14.6 Å². The lowest BCUT2D eigenvalue weighted by molar-refractivity contribution is -0.00549. The van der Waals surface area contributed by atoms with E-state index in [0.717, 1.165) is 11.1 Å². The summed E-state index contributed by atoms with van der Waals surface area (Å²) in [5.74, 6) is 0. The van der Waals surface area contributed by atoms with E-state index in [0.29, 0.717) is 19.8 Å². The first-order chi connectivity index (χ1) is 10.9. The number of rotatable bonds is 9. The Morgan fingerprint density at radius 3 is 2.05 bits per heavy atom. The van der Waals surface area contributed by atoms with Gasteiger partial charge in [0.1, 0.15) is 0 Å². The maximum atomic E-state index is 8.92. The van der Waals surface area contributed by atoms with Crippen LogP contribution in [0.4, 0.5) is 0 Å². The Morgan fingerprint density at radius 2 is 1.45 bits per heavy atom. The van der Waals surface area contributed by atoms with E-state index < -0.39 is 0 Å². The lowest BCUT2D eigenvalue weighted by Crippen LogP contribution is -2.17. The van der Waals surface area contributed by atoms with Gasteiger partial charge in [-0.1, -0.05) is 72.8 Å². The van der Waals surface area contributed by atoms with E-state index in [1.54, 1.807) is 6.08 Å². The molecule has 1 N–H and O–H groups in total. The van der Waals surface area contributed by atoms with Crippen molar-refractivity contribution in [2.75, 3.05) is 13.2 Å². The summed E-state index contributed by atoms with van der Waals surface area (Å²) in [5.41, 5.74) is 2.25. The largest absolute Gasteiger partial charge is 0.392 e. The van der Waals surface area contributed by atoms with Gasteiger partial charge in [0, 0.05) is 0 Å². The molecular weight excluding hydrogens is 276 g/mol. The summed E-state index contributed by atoms with van der Waals surface area (Å²) >= 11 is 0. The molecule has 3 nitrogen and oxygen atoms in total. The van der Waals surface area contributed by atoms with Gasteiger partial charge in [-0.15, -0.1) is 0 Å². The third-order valence-corrected chi connectivity index (χ3v) is 3.16. The molecule has 1 atom stereocenters. The molecule has 0 fully saturated rings. The van der Waals surface area contributed by atoms with Crippen molar-refractivity contribution in [1.29, 1.82) is 0 Å². The first-order valence-corrected chi connectivity index (χ1v) is 7.43. The SMILES string of the molecule is OCC=CC(COCc1ccccc1)OCc1ccccc1. The molecule has 0 heterocycles. The van der Waals surface area contributed by atoms with Crippen LogP contribution in [0.2, 0.25) is 0 Å². The van der Waals surface area contributed by atoms with Gasteiger partial charge in [-0.3, -0.25) is 0 Å². The van der Waals surface area contributed by atoms with Crippen molar-refractivity contribution in [3.8, 4) is 0 Å². The summed E-state index contributed by atoms with van der Waals surface area (Å²) in [6, 6.07) is 20.0. The van der Waals surface area contributed by atoms with E-state index in [9.17, 15) is 0 Å². The summed E-state index contributed by atoms with van der Waals surface area (Å²) in [6.45, 7) is 1.54. The highest BCUT2D eigenvalue weighted by molar-refractivity contribution is 5.14. The van der Waals surface area contributed by atoms with Gasteiger partial charge in [-0.2, -0.15) is 0 Å². The molecule has 22 heavy (non-hydrogen) atoms. The molecule has 0 radical (unpaired) electrons. The Balaban J connectivity index is 1.79. The van der Waals surface area contributed by atoms with Crippen molar-refractivity contribution in [2.45, 2.75) is 19.3 Å². The molecule has 0 aliphatic carbocycles. The summed E-state index contributed by atoms with van der Waals surface area (Å²) in [4.78, 5) is 0. The maximum absolute atomic E-state index is 8.92. The van der Waals surface area contributed by atoms with Crippen molar-refractivity contribution in [3.63, 3.8) is 0 Å². The van der Waals surface area contributed by atoms with Crippen LogP contribution in [0.25, 0.3) is 0 Å². The fraction of sp³-hybridized carbons (Fsp3) is 0.263. The summed E-state index contributed by atoms with van der Waals surface area (Å²) in [6.07, 6.45) is 3.35. The Labute approximate surface area is 131 Å². The summed E-state index contributed by atoms with van der Waals surface area (Å²) in [7, 11) is 0. The van der Waals surface area contributed by atoms with Gasteiger partial charge in [0.15, 0.2) is 0 Å². The van der Waals surface area contributed by atoms with Crippen LogP contribution in [0.5, 0.6) is 0 Å². The molecule has 1 unspecified atom stereocenters. The highest BCUT2D eigenvalue weighted by Gasteiger charge is 2.06. The van der Waals surface area contributed by atoms with Gasteiger partial charge in [0.25, 0.3) is 0 Å². The van der Waals surface area contributed by atoms with Crippen LogP contribution in [-0.2, 0) is 22.7 Å². The molecule has 2 aromatic carbocycles. The van der Waals surface area contributed by atoms with Crippen molar-refractivity contribution >= 4 is 0 Å². The number of aliphatic hydroxyl groups excluding tert-OH is 1.